The standard InChI is InChI=1S/C27H25N3O4S/c1-18-6-2-3-10-22(18)23(31)14-26-30(17-25(32)29-16-21-9-5-11-34-21)27(33)24(35-26)13-19-7-4-8-20(12-19)15-28/h2-4,6-8,10,12-14,21H,5,9,11,16-17H2,1H3,(H,29,32). The van der Waals surface area contributed by atoms with Gasteiger partial charge in [0.1, 0.15) is 11.2 Å². The third-order valence-corrected chi connectivity index (χ3v) is 6.83. The van der Waals surface area contributed by atoms with Gasteiger partial charge in [-0.25, -0.2) is 0 Å². The zero-order chi connectivity index (χ0) is 24.8. The molecule has 178 valence electrons. The van der Waals surface area contributed by atoms with Crippen molar-refractivity contribution >= 4 is 35.2 Å². The van der Waals surface area contributed by atoms with Crippen molar-refractivity contribution in [3.63, 3.8) is 0 Å². The van der Waals surface area contributed by atoms with E-state index in [1.165, 1.54) is 10.6 Å². The summed E-state index contributed by atoms with van der Waals surface area (Å²) in [6.07, 6.45) is 4.93. The van der Waals surface area contributed by atoms with Gasteiger partial charge < -0.3 is 10.1 Å². The van der Waals surface area contributed by atoms with Gasteiger partial charge in [0.25, 0.3) is 5.56 Å². The molecule has 1 aliphatic heterocycles. The molecule has 35 heavy (non-hydrogen) atoms. The lowest BCUT2D eigenvalue weighted by molar-refractivity contribution is -0.122. The zero-order valence-electron chi connectivity index (χ0n) is 19.3. The molecule has 1 saturated heterocycles. The lowest BCUT2D eigenvalue weighted by Gasteiger charge is -2.11. The Bertz CT molecular complexity index is 1470. The number of rotatable bonds is 7. The van der Waals surface area contributed by atoms with Crippen molar-refractivity contribution in [2.75, 3.05) is 13.2 Å². The maximum absolute atomic E-state index is 13.3. The van der Waals surface area contributed by atoms with Crippen LogP contribution in [0.2, 0.25) is 0 Å². The van der Waals surface area contributed by atoms with Crippen LogP contribution in [0.3, 0.4) is 0 Å². The van der Waals surface area contributed by atoms with Gasteiger partial charge in [0.2, 0.25) is 5.91 Å². The lowest BCUT2D eigenvalue weighted by atomic mass is 10.1. The van der Waals surface area contributed by atoms with Crippen molar-refractivity contribution in [1.82, 2.24) is 9.88 Å². The number of carbonyl (C=O) groups is 2. The Morgan fingerprint density at radius 3 is 2.83 bits per heavy atom. The van der Waals surface area contributed by atoms with Crippen molar-refractivity contribution in [1.29, 1.82) is 5.26 Å². The van der Waals surface area contributed by atoms with Gasteiger partial charge in [0.05, 0.1) is 22.3 Å². The number of Topliss-reactive ketones (excluding diaryl/α,β-unsaturated/α-hetero) is 1. The van der Waals surface area contributed by atoms with Crippen molar-refractivity contribution < 1.29 is 14.3 Å². The third-order valence-electron chi connectivity index (χ3n) is 5.77. The minimum atomic E-state index is -0.367. The van der Waals surface area contributed by atoms with Crippen LogP contribution in [-0.4, -0.2) is 35.5 Å². The molecule has 1 aromatic heterocycles. The summed E-state index contributed by atoms with van der Waals surface area (Å²) >= 11 is 1.14. The highest BCUT2D eigenvalue weighted by molar-refractivity contribution is 7.07. The monoisotopic (exact) mass is 487 g/mol. The summed E-state index contributed by atoms with van der Waals surface area (Å²) < 4.78 is 7.63. The summed E-state index contributed by atoms with van der Waals surface area (Å²) in [5.74, 6) is -0.563. The van der Waals surface area contributed by atoms with Gasteiger partial charge in [-0.15, -0.1) is 11.3 Å². The molecule has 3 aromatic rings. The molecule has 1 amide bonds. The van der Waals surface area contributed by atoms with E-state index in [0.29, 0.717) is 39.0 Å². The number of amides is 1. The summed E-state index contributed by atoms with van der Waals surface area (Å²) in [4.78, 5) is 38.9. The van der Waals surface area contributed by atoms with Gasteiger partial charge in [-0.2, -0.15) is 5.26 Å². The number of nitrogens with zero attached hydrogens (tertiary/aromatic N) is 2. The Hall–Kier alpha value is -3.80. The van der Waals surface area contributed by atoms with Gasteiger partial charge in [-0.3, -0.25) is 19.0 Å². The van der Waals surface area contributed by atoms with Crippen LogP contribution in [0.25, 0.3) is 12.2 Å². The van der Waals surface area contributed by atoms with Crippen LogP contribution < -0.4 is 20.1 Å². The molecule has 1 atom stereocenters. The van der Waals surface area contributed by atoms with E-state index in [4.69, 9.17) is 10.00 Å². The van der Waals surface area contributed by atoms with Crippen molar-refractivity contribution in [2.45, 2.75) is 32.4 Å². The second kappa shape index (κ2) is 11.1. The fraction of sp³-hybridized carbons (Fsp3) is 0.259. The fourth-order valence-corrected chi connectivity index (χ4v) is 4.96. The Morgan fingerprint density at radius 2 is 2.09 bits per heavy atom. The number of ketones is 1. The van der Waals surface area contributed by atoms with E-state index in [0.717, 1.165) is 29.7 Å². The number of hydrogen-bond acceptors (Lipinski definition) is 6. The van der Waals surface area contributed by atoms with Crippen molar-refractivity contribution in [3.8, 4) is 6.07 Å². The van der Waals surface area contributed by atoms with E-state index in [9.17, 15) is 14.4 Å². The maximum Gasteiger partial charge on any atom is 0.269 e. The zero-order valence-corrected chi connectivity index (χ0v) is 20.1. The minimum Gasteiger partial charge on any atom is -0.376 e. The number of aromatic nitrogens is 1. The predicted molar refractivity (Wildman–Crippen MR) is 135 cm³/mol. The third kappa shape index (κ3) is 6.01. The molecule has 1 aliphatic rings. The summed E-state index contributed by atoms with van der Waals surface area (Å²) in [6.45, 7) is 2.72. The second-order valence-corrected chi connectivity index (χ2v) is 9.40. The van der Waals surface area contributed by atoms with Crippen LogP contribution in [0.4, 0.5) is 0 Å². The molecule has 2 aromatic carbocycles. The van der Waals surface area contributed by atoms with Crippen LogP contribution in [0.1, 0.15) is 39.9 Å². The molecule has 7 nitrogen and oxygen atoms in total. The first-order valence-electron chi connectivity index (χ1n) is 11.4. The van der Waals surface area contributed by atoms with Gasteiger partial charge in [-0.05, 0) is 49.1 Å². The molecule has 1 fully saturated rings. The predicted octanol–water partition coefficient (Wildman–Crippen LogP) is 1.88. The smallest absolute Gasteiger partial charge is 0.269 e. The summed E-state index contributed by atoms with van der Waals surface area (Å²) in [5.41, 5.74) is 2.16. The van der Waals surface area contributed by atoms with E-state index in [2.05, 4.69) is 11.4 Å². The highest BCUT2D eigenvalue weighted by Gasteiger charge is 2.17. The quantitative estimate of drug-likeness (QED) is 0.513. The molecule has 0 saturated carbocycles. The lowest BCUT2D eigenvalue weighted by Crippen LogP contribution is -2.40. The second-order valence-electron chi connectivity index (χ2n) is 8.34. The van der Waals surface area contributed by atoms with E-state index >= 15 is 0 Å². The van der Waals surface area contributed by atoms with Crippen LogP contribution >= 0.6 is 11.3 Å². The molecule has 2 heterocycles. The van der Waals surface area contributed by atoms with Crippen LogP contribution in [-0.2, 0) is 16.1 Å². The number of nitriles is 1. The SMILES string of the molecule is Cc1ccccc1C(=O)C=c1sc(=Cc2cccc(C#N)c2)c(=O)n1CC(=O)NCC1CCCO1. The van der Waals surface area contributed by atoms with E-state index in [1.807, 2.05) is 19.1 Å². The summed E-state index contributed by atoms with van der Waals surface area (Å²) in [7, 11) is 0. The number of aryl methyl sites for hydroxylation is 1. The number of carbonyl (C=O) groups excluding carboxylic acids is 2. The molecule has 4 rings (SSSR count). The molecule has 0 radical (unpaired) electrons. The highest BCUT2D eigenvalue weighted by Crippen LogP contribution is 2.11. The molecular weight excluding hydrogens is 462 g/mol. The van der Waals surface area contributed by atoms with E-state index < -0.39 is 0 Å². The Kier molecular flexibility index (Phi) is 7.70. The Morgan fingerprint density at radius 1 is 1.26 bits per heavy atom. The van der Waals surface area contributed by atoms with Crippen molar-refractivity contribution in [3.05, 3.63) is 90.3 Å². The highest BCUT2D eigenvalue weighted by atomic mass is 32.1. The first-order chi connectivity index (χ1) is 16.9. The summed E-state index contributed by atoms with van der Waals surface area (Å²) in [5, 5.41) is 12.0. The van der Waals surface area contributed by atoms with Gasteiger partial charge in [0, 0.05) is 24.8 Å². The first kappa shape index (κ1) is 24.3. The summed E-state index contributed by atoms with van der Waals surface area (Å²) in [6, 6.07) is 16.2. The average molecular weight is 488 g/mol. The first-order valence-corrected chi connectivity index (χ1v) is 12.2. The topological polar surface area (TPSA) is 101 Å². The number of benzene rings is 2. The van der Waals surface area contributed by atoms with E-state index in [1.54, 1.807) is 42.5 Å². The normalized spacial score (nSPS) is 16.3. The molecule has 0 bridgehead atoms. The fourth-order valence-electron chi connectivity index (χ4n) is 3.91. The molecule has 0 spiro atoms. The number of thiazole rings is 1. The number of ether oxygens (including phenoxy) is 1. The molecule has 1 N–H and O–H groups in total. The molecule has 8 heteroatoms. The molecular formula is C27H25N3O4S. The van der Waals surface area contributed by atoms with Gasteiger partial charge in [0.15, 0.2) is 5.78 Å². The van der Waals surface area contributed by atoms with E-state index in [-0.39, 0.29) is 29.9 Å². The van der Waals surface area contributed by atoms with Gasteiger partial charge >= 0.3 is 0 Å². The van der Waals surface area contributed by atoms with Crippen LogP contribution in [0, 0.1) is 18.3 Å². The minimum absolute atomic E-state index is 0.0110. The average Bonchev–Trinajstić information content (AvgIpc) is 3.47. The van der Waals surface area contributed by atoms with Crippen molar-refractivity contribution in [2.24, 2.45) is 0 Å². The van der Waals surface area contributed by atoms with Crippen LogP contribution in [0.15, 0.2) is 53.3 Å². The molecule has 0 aliphatic carbocycles. The van der Waals surface area contributed by atoms with Gasteiger partial charge in [-0.1, -0.05) is 36.4 Å². The maximum atomic E-state index is 13.3. The Labute approximate surface area is 206 Å². The largest absolute Gasteiger partial charge is 0.376 e. The number of hydrogen-bond donors (Lipinski definition) is 1. The van der Waals surface area contributed by atoms with Crippen LogP contribution in [0.5, 0.6) is 0 Å². The number of nitrogens with one attached hydrogen (secondary N) is 1. The molecule has 1 unspecified atom stereocenters. The Balaban J connectivity index is 1.72.